The largest absolute Gasteiger partial charge is 0.451 e. The van der Waals surface area contributed by atoms with Gasteiger partial charge in [0.15, 0.2) is 11.2 Å². The summed E-state index contributed by atoms with van der Waals surface area (Å²) < 4.78 is 5.53. The van der Waals surface area contributed by atoms with Crippen LogP contribution in [0, 0.1) is 6.92 Å². The number of hydrogen-bond acceptors (Lipinski definition) is 4. The van der Waals surface area contributed by atoms with E-state index in [0.717, 1.165) is 11.6 Å². The van der Waals surface area contributed by atoms with Crippen molar-refractivity contribution in [3.05, 3.63) is 70.1 Å². The summed E-state index contributed by atoms with van der Waals surface area (Å²) in [4.78, 5) is 35.9. The summed E-state index contributed by atoms with van der Waals surface area (Å²) in [5.74, 6) is -0.921. The first-order valence-corrected chi connectivity index (χ1v) is 7.66. The molecule has 2 amide bonds. The fourth-order valence-corrected chi connectivity index (χ4v) is 2.46. The highest BCUT2D eigenvalue weighted by atomic mass is 16.3. The summed E-state index contributed by atoms with van der Waals surface area (Å²) in [5.41, 5.74) is 1.85. The zero-order chi connectivity index (χ0) is 18.0. The maximum absolute atomic E-state index is 12.5. The fourth-order valence-electron chi connectivity index (χ4n) is 2.46. The van der Waals surface area contributed by atoms with E-state index in [4.69, 9.17) is 4.42 Å². The van der Waals surface area contributed by atoms with Gasteiger partial charge in [0.05, 0.1) is 16.8 Å². The maximum Gasteiger partial charge on any atom is 0.291 e. The van der Waals surface area contributed by atoms with Crippen LogP contribution in [0.4, 0.5) is 11.4 Å². The number of aryl methyl sites for hydroxylation is 1. The Morgan fingerprint density at radius 1 is 0.960 bits per heavy atom. The zero-order valence-corrected chi connectivity index (χ0v) is 13.8. The topological polar surface area (TPSA) is 88.4 Å². The zero-order valence-electron chi connectivity index (χ0n) is 13.8. The normalized spacial score (nSPS) is 10.5. The van der Waals surface area contributed by atoms with E-state index in [2.05, 4.69) is 10.6 Å². The first-order chi connectivity index (χ1) is 11.9. The van der Waals surface area contributed by atoms with Crippen LogP contribution in [0.5, 0.6) is 0 Å². The van der Waals surface area contributed by atoms with Crippen molar-refractivity contribution in [2.24, 2.45) is 0 Å². The van der Waals surface area contributed by atoms with Gasteiger partial charge in [0.2, 0.25) is 5.91 Å². The van der Waals surface area contributed by atoms with Crippen molar-refractivity contribution in [1.82, 2.24) is 0 Å². The summed E-state index contributed by atoms with van der Waals surface area (Å²) in [7, 11) is 0. The molecular formula is C19H16N2O4. The average molecular weight is 336 g/mol. The highest BCUT2D eigenvalue weighted by Gasteiger charge is 2.14. The number of rotatable bonds is 3. The van der Waals surface area contributed by atoms with Gasteiger partial charge in [-0.05, 0) is 36.8 Å². The summed E-state index contributed by atoms with van der Waals surface area (Å²) in [6.07, 6.45) is 0. The summed E-state index contributed by atoms with van der Waals surface area (Å²) >= 11 is 0. The molecule has 6 heteroatoms. The van der Waals surface area contributed by atoms with Gasteiger partial charge in [-0.25, -0.2) is 0 Å². The van der Waals surface area contributed by atoms with Gasteiger partial charge in [-0.2, -0.15) is 0 Å². The summed E-state index contributed by atoms with van der Waals surface area (Å²) in [6.45, 7) is 3.25. The van der Waals surface area contributed by atoms with Crippen LogP contribution in [-0.4, -0.2) is 11.8 Å². The lowest BCUT2D eigenvalue weighted by atomic mass is 10.1. The minimum absolute atomic E-state index is 0.0982. The molecule has 3 aromatic rings. The second-order valence-electron chi connectivity index (χ2n) is 5.66. The van der Waals surface area contributed by atoms with Crippen LogP contribution in [0.2, 0.25) is 0 Å². The molecule has 0 unspecified atom stereocenters. The van der Waals surface area contributed by atoms with Crippen molar-refractivity contribution in [2.75, 3.05) is 10.6 Å². The highest BCUT2D eigenvalue weighted by molar-refractivity contribution is 6.06. The Kier molecular flexibility index (Phi) is 4.35. The molecule has 3 rings (SSSR count). The first-order valence-electron chi connectivity index (χ1n) is 7.66. The minimum atomic E-state index is -0.569. The average Bonchev–Trinajstić information content (AvgIpc) is 2.57. The van der Waals surface area contributed by atoms with E-state index in [1.807, 2.05) is 13.0 Å². The number of carbonyl (C=O) groups is 2. The Morgan fingerprint density at radius 3 is 2.48 bits per heavy atom. The Balaban J connectivity index is 1.96. The summed E-state index contributed by atoms with van der Waals surface area (Å²) in [6, 6.07) is 13.1. The van der Waals surface area contributed by atoms with Crippen molar-refractivity contribution >= 4 is 34.2 Å². The van der Waals surface area contributed by atoms with E-state index >= 15 is 0 Å². The van der Waals surface area contributed by atoms with Gasteiger partial charge < -0.3 is 15.1 Å². The Labute approximate surface area is 143 Å². The van der Waals surface area contributed by atoms with Gasteiger partial charge >= 0.3 is 0 Å². The van der Waals surface area contributed by atoms with Crippen molar-refractivity contribution in [2.45, 2.75) is 13.8 Å². The molecule has 0 aliphatic heterocycles. The van der Waals surface area contributed by atoms with Crippen LogP contribution < -0.4 is 16.1 Å². The quantitative estimate of drug-likeness (QED) is 0.768. The molecule has 0 aliphatic carbocycles. The van der Waals surface area contributed by atoms with Crippen LogP contribution in [0.3, 0.4) is 0 Å². The van der Waals surface area contributed by atoms with E-state index in [0.29, 0.717) is 22.3 Å². The third kappa shape index (κ3) is 3.58. The third-order valence-electron chi connectivity index (χ3n) is 3.59. The molecule has 1 heterocycles. The van der Waals surface area contributed by atoms with E-state index in [1.54, 1.807) is 36.4 Å². The van der Waals surface area contributed by atoms with Gasteiger partial charge in [0.25, 0.3) is 5.91 Å². The highest BCUT2D eigenvalue weighted by Crippen LogP contribution is 2.24. The van der Waals surface area contributed by atoms with E-state index in [-0.39, 0.29) is 17.1 Å². The molecule has 2 aromatic carbocycles. The molecule has 126 valence electrons. The molecule has 0 fully saturated rings. The minimum Gasteiger partial charge on any atom is -0.451 e. The molecular weight excluding hydrogens is 320 g/mol. The van der Waals surface area contributed by atoms with Crippen LogP contribution >= 0.6 is 0 Å². The Morgan fingerprint density at radius 2 is 1.72 bits per heavy atom. The van der Waals surface area contributed by atoms with Crippen molar-refractivity contribution in [1.29, 1.82) is 0 Å². The standard InChI is InChI=1S/C19H16N2O4/c1-11-7-8-14(20-12(2)22)15(9-11)21-19(24)18-10-16(23)13-5-3-4-6-17(13)25-18/h3-10H,1-2H3,(H,20,22)(H,21,24). The van der Waals surface area contributed by atoms with Gasteiger partial charge in [-0.3, -0.25) is 14.4 Å². The number of carbonyl (C=O) groups excluding carboxylic acids is 2. The molecule has 0 aliphatic rings. The Bertz CT molecular complexity index is 1040. The summed E-state index contributed by atoms with van der Waals surface area (Å²) in [5, 5.41) is 5.74. The lowest BCUT2D eigenvalue weighted by Crippen LogP contribution is -2.17. The smallest absolute Gasteiger partial charge is 0.291 e. The van der Waals surface area contributed by atoms with Gasteiger partial charge in [0.1, 0.15) is 5.58 Å². The van der Waals surface area contributed by atoms with Crippen molar-refractivity contribution in [3.8, 4) is 0 Å². The second kappa shape index (κ2) is 6.60. The molecule has 2 N–H and O–H groups in total. The fraction of sp³-hybridized carbons (Fsp3) is 0.105. The number of nitrogens with one attached hydrogen (secondary N) is 2. The number of hydrogen-bond donors (Lipinski definition) is 2. The molecule has 0 radical (unpaired) electrons. The SMILES string of the molecule is CC(=O)Nc1ccc(C)cc1NC(=O)c1cc(=O)c2ccccc2o1. The van der Waals surface area contributed by atoms with E-state index in [1.165, 1.54) is 6.92 Å². The second-order valence-corrected chi connectivity index (χ2v) is 5.66. The molecule has 6 nitrogen and oxygen atoms in total. The van der Waals surface area contributed by atoms with Crippen LogP contribution in [-0.2, 0) is 4.79 Å². The molecule has 0 spiro atoms. The predicted octanol–water partition coefficient (Wildman–Crippen LogP) is 3.31. The third-order valence-corrected chi connectivity index (χ3v) is 3.59. The lowest BCUT2D eigenvalue weighted by Gasteiger charge is -2.12. The van der Waals surface area contributed by atoms with E-state index in [9.17, 15) is 14.4 Å². The monoisotopic (exact) mass is 336 g/mol. The van der Waals surface area contributed by atoms with Crippen LogP contribution in [0.25, 0.3) is 11.0 Å². The predicted molar refractivity (Wildman–Crippen MR) is 95.9 cm³/mol. The molecule has 1 aromatic heterocycles. The maximum atomic E-state index is 12.5. The number of anilines is 2. The van der Waals surface area contributed by atoms with Crippen LogP contribution in [0.15, 0.2) is 57.7 Å². The molecule has 0 saturated heterocycles. The van der Waals surface area contributed by atoms with Crippen molar-refractivity contribution < 1.29 is 14.0 Å². The van der Waals surface area contributed by atoms with E-state index < -0.39 is 5.91 Å². The number of amides is 2. The molecule has 25 heavy (non-hydrogen) atoms. The molecule has 0 saturated carbocycles. The van der Waals surface area contributed by atoms with Crippen molar-refractivity contribution in [3.63, 3.8) is 0 Å². The lowest BCUT2D eigenvalue weighted by molar-refractivity contribution is -0.114. The Hall–Kier alpha value is -3.41. The first kappa shape index (κ1) is 16.4. The number of fused-ring (bicyclic) bond motifs is 1. The van der Waals surface area contributed by atoms with Gasteiger partial charge in [0, 0.05) is 13.0 Å². The molecule has 0 bridgehead atoms. The molecule has 0 atom stereocenters. The van der Waals surface area contributed by atoms with Gasteiger partial charge in [-0.1, -0.05) is 18.2 Å². The van der Waals surface area contributed by atoms with Crippen LogP contribution in [0.1, 0.15) is 23.0 Å². The van der Waals surface area contributed by atoms with Gasteiger partial charge in [-0.15, -0.1) is 0 Å². The number of benzene rings is 2. The number of para-hydroxylation sites is 1.